The highest BCUT2D eigenvalue weighted by molar-refractivity contribution is 7.09. The number of hydrogen-bond donors (Lipinski definition) is 1. The van der Waals surface area contributed by atoms with Gasteiger partial charge in [0.25, 0.3) is 0 Å². The first-order valence-corrected chi connectivity index (χ1v) is 5.40. The quantitative estimate of drug-likeness (QED) is 0.841. The number of rotatable bonds is 3. The number of thiophene rings is 1. The second-order valence-corrected chi connectivity index (χ2v) is 4.28. The van der Waals surface area contributed by atoms with E-state index in [9.17, 15) is 5.11 Å². The molecule has 0 aliphatic carbocycles. The first-order valence-electron chi connectivity index (χ1n) is 4.52. The second-order valence-electron chi connectivity index (χ2n) is 3.25. The molecule has 0 aliphatic rings. The van der Waals surface area contributed by atoms with Crippen molar-refractivity contribution < 1.29 is 9.52 Å². The number of hydrogen-bond acceptors (Lipinski definition) is 3. The molecule has 2 rings (SSSR count). The van der Waals surface area contributed by atoms with E-state index >= 15 is 0 Å². The lowest BCUT2D eigenvalue weighted by Gasteiger charge is -2.05. The highest BCUT2D eigenvalue weighted by atomic mass is 32.1. The fourth-order valence-electron chi connectivity index (χ4n) is 1.35. The Bertz CT molecular complexity index is 389. The molecule has 0 radical (unpaired) electrons. The maximum atomic E-state index is 9.82. The van der Waals surface area contributed by atoms with Crippen LogP contribution in [-0.4, -0.2) is 5.11 Å². The van der Waals surface area contributed by atoms with Crippen molar-refractivity contribution in [2.45, 2.75) is 19.4 Å². The van der Waals surface area contributed by atoms with Crippen molar-refractivity contribution >= 4 is 11.3 Å². The van der Waals surface area contributed by atoms with Crippen molar-refractivity contribution in [1.82, 2.24) is 0 Å². The minimum Gasteiger partial charge on any atom is -0.464 e. The molecule has 1 N–H and O–H groups in total. The summed E-state index contributed by atoms with van der Waals surface area (Å²) in [6.45, 7) is 1.88. The van der Waals surface area contributed by atoms with Gasteiger partial charge in [-0.15, -0.1) is 11.3 Å². The predicted octanol–water partition coefficient (Wildman–Crippen LogP) is 2.93. The first kappa shape index (κ1) is 9.49. The first-order chi connectivity index (χ1) is 6.75. The van der Waals surface area contributed by atoms with Crippen LogP contribution in [0, 0.1) is 6.92 Å². The number of aliphatic hydroxyl groups is 1. The molecule has 0 saturated carbocycles. The maximum Gasteiger partial charge on any atom is 0.133 e. The summed E-state index contributed by atoms with van der Waals surface area (Å²) in [6.07, 6.45) is 0.104. The summed E-state index contributed by atoms with van der Waals surface area (Å²) < 4.78 is 5.35. The molecule has 2 aromatic rings. The molecule has 0 saturated heterocycles. The van der Waals surface area contributed by atoms with Crippen LogP contribution in [0.3, 0.4) is 0 Å². The van der Waals surface area contributed by atoms with Gasteiger partial charge in [0.1, 0.15) is 17.6 Å². The van der Waals surface area contributed by atoms with E-state index in [4.69, 9.17) is 4.42 Å². The summed E-state index contributed by atoms with van der Waals surface area (Å²) >= 11 is 1.65. The van der Waals surface area contributed by atoms with Crippen LogP contribution in [0.25, 0.3) is 0 Å². The molecular weight excluding hydrogens is 196 g/mol. The van der Waals surface area contributed by atoms with Gasteiger partial charge in [0.05, 0.1) is 0 Å². The summed E-state index contributed by atoms with van der Waals surface area (Å²) in [5.41, 5.74) is 0. The van der Waals surface area contributed by atoms with Gasteiger partial charge in [-0.25, -0.2) is 0 Å². The molecule has 1 unspecified atom stereocenters. The lowest BCUT2D eigenvalue weighted by Crippen LogP contribution is -1.98. The summed E-state index contributed by atoms with van der Waals surface area (Å²) in [4.78, 5) is 1.17. The van der Waals surface area contributed by atoms with E-state index in [0.29, 0.717) is 12.2 Å². The van der Waals surface area contributed by atoms with E-state index in [1.54, 1.807) is 11.3 Å². The maximum absolute atomic E-state index is 9.82. The van der Waals surface area contributed by atoms with Crippen LogP contribution < -0.4 is 0 Å². The molecular formula is C11H12O2S. The number of aryl methyl sites for hydroxylation is 1. The zero-order valence-electron chi connectivity index (χ0n) is 7.93. The summed E-state index contributed by atoms with van der Waals surface area (Å²) in [5.74, 6) is 1.49. The zero-order chi connectivity index (χ0) is 9.97. The lowest BCUT2D eigenvalue weighted by molar-refractivity contribution is 0.149. The minimum absolute atomic E-state index is 0.526. The molecule has 0 aliphatic heterocycles. The van der Waals surface area contributed by atoms with Crippen LogP contribution >= 0.6 is 11.3 Å². The second kappa shape index (κ2) is 3.98. The van der Waals surface area contributed by atoms with Gasteiger partial charge in [0.2, 0.25) is 0 Å². The Morgan fingerprint density at radius 3 is 2.86 bits per heavy atom. The van der Waals surface area contributed by atoms with Crippen molar-refractivity contribution in [1.29, 1.82) is 0 Å². The number of aliphatic hydroxyl groups excluding tert-OH is 1. The monoisotopic (exact) mass is 208 g/mol. The highest BCUT2D eigenvalue weighted by Crippen LogP contribution is 2.22. The van der Waals surface area contributed by atoms with E-state index in [2.05, 4.69) is 0 Å². The van der Waals surface area contributed by atoms with Crippen molar-refractivity contribution in [2.75, 3.05) is 0 Å². The van der Waals surface area contributed by atoms with Gasteiger partial charge < -0.3 is 9.52 Å². The Labute approximate surface area is 86.8 Å². The van der Waals surface area contributed by atoms with Crippen LogP contribution in [0.15, 0.2) is 34.1 Å². The van der Waals surface area contributed by atoms with Crippen LogP contribution in [-0.2, 0) is 6.42 Å². The van der Waals surface area contributed by atoms with Gasteiger partial charge in [0.15, 0.2) is 0 Å². The molecule has 1 atom stereocenters. The zero-order valence-corrected chi connectivity index (χ0v) is 8.75. The Morgan fingerprint density at radius 2 is 2.29 bits per heavy atom. The van der Waals surface area contributed by atoms with E-state index < -0.39 is 6.10 Å². The standard InChI is InChI=1S/C11H12O2S/c1-8-4-5-11(13-8)10(12)7-9-3-2-6-14-9/h2-6,10,12H,7H2,1H3. The molecule has 2 heterocycles. The van der Waals surface area contributed by atoms with E-state index in [-0.39, 0.29) is 0 Å². The van der Waals surface area contributed by atoms with Gasteiger partial charge in [-0.05, 0) is 30.5 Å². The minimum atomic E-state index is -0.526. The fraction of sp³-hybridized carbons (Fsp3) is 0.273. The molecule has 74 valence electrons. The molecule has 0 spiro atoms. The highest BCUT2D eigenvalue weighted by Gasteiger charge is 2.12. The number of furan rings is 1. The normalized spacial score (nSPS) is 13.0. The molecule has 14 heavy (non-hydrogen) atoms. The van der Waals surface area contributed by atoms with Gasteiger partial charge in [0, 0.05) is 11.3 Å². The Kier molecular flexibility index (Phi) is 2.70. The van der Waals surface area contributed by atoms with E-state index in [0.717, 1.165) is 5.76 Å². The summed E-state index contributed by atoms with van der Waals surface area (Å²) in [5, 5.41) is 11.8. The smallest absolute Gasteiger partial charge is 0.133 e. The van der Waals surface area contributed by atoms with E-state index in [1.165, 1.54) is 4.88 Å². The summed E-state index contributed by atoms with van der Waals surface area (Å²) in [7, 11) is 0. The molecule has 3 heteroatoms. The van der Waals surface area contributed by atoms with Gasteiger partial charge in [-0.2, -0.15) is 0 Å². The third-order valence-corrected chi connectivity index (χ3v) is 2.96. The average Bonchev–Trinajstić information content (AvgIpc) is 2.75. The van der Waals surface area contributed by atoms with Gasteiger partial charge in [-0.3, -0.25) is 0 Å². The van der Waals surface area contributed by atoms with Crippen LogP contribution in [0.5, 0.6) is 0 Å². The molecule has 0 bridgehead atoms. The molecule has 0 fully saturated rings. The predicted molar refractivity (Wildman–Crippen MR) is 56.4 cm³/mol. The third-order valence-electron chi connectivity index (χ3n) is 2.06. The van der Waals surface area contributed by atoms with Crippen LogP contribution in [0.1, 0.15) is 22.5 Å². The largest absolute Gasteiger partial charge is 0.464 e. The summed E-state index contributed by atoms with van der Waals surface area (Å²) in [6, 6.07) is 7.70. The average molecular weight is 208 g/mol. The molecule has 2 aromatic heterocycles. The topological polar surface area (TPSA) is 33.4 Å². The lowest BCUT2D eigenvalue weighted by atomic mass is 10.2. The molecule has 0 amide bonds. The van der Waals surface area contributed by atoms with Gasteiger partial charge >= 0.3 is 0 Å². The van der Waals surface area contributed by atoms with Crippen molar-refractivity contribution in [3.8, 4) is 0 Å². The Morgan fingerprint density at radius 1 is 1.43 bits per heavy atom. The van der Waals surface area contributed by atoms with Crippen LogP contribution in [0.4, 0.5) is 0 Å². The van der Waals surface area contributed by atoms with Gasteiger partial charge in [-0.1, -0.05) is 6.07 Å². The van der Waals surface area contributed by atoms with Crippen LogP contribution in [0.2, 0.25) is 0 Å². The molecule has 2 nitrogen and oxygen atoms in total. The SMILES string of the molecule is Cc1ccc(C(O)Cc2cccs2)o1. The Hall–Kier alpha value is -1.06. The fourth-order valence-corrected chi connectivity index (χ4v) is 2.10. The Balaban J connectivity index is 2.06. The third kappa shape index (κ3) is 2.05. The van der Waals surface area contributed by atoms with Crippen molar-refractivity contribution in [3.05, 3.63) is 46.0 Å². The van der Waals surface area contributed by atoms with Crippen molar-refractivity contribution in [3.63, 3.8) is 0 Å². The van der Waals surface area contributed by atoms with Crippen molar-refractivity contribution in [2.24, 2.45) is 0 Å². The molecule has 0 aromatic carbocycles. The van der Waals surface area contributed by atoms with E-state index in [1.807, 2.05) is 36.6 Å².